The van der Waals surface area contributed by atoms with E-state index in [-0.39, 0.29) is 5.91 Å². The predicted octanol–water partition coefficient (Wildman–Crippen LogP) is 2.53. The van der Waals surface area contributed by atoms with Crippen LogP contribution in [0.5, 0.6) is 0 Å². The monoisotopic (exact) mass is 460 g/mol. The molecule has 0 unspecified atom stereocenters. The van der Waals surface area contributed by atoms with E-state index in [0.717, 1.165) is 66.0 Å². The average molecular weight is 461 g/mol. The minimum absolute atomic E-state index is 0.00246. The van der Waals surface area contributed by atoms with E-state index in [1.54, 1.807) is 0 Å². The van der Waals surface area contributed by atoms with Crippen LogP contribution in [0.2, 0.25) is 0 Å². The number of rotatable bonds is 6. The maximum atomic E-state index is 13.6. The van der Waals surface area contributed by atoms with Crippen LogP contribution in [0.4, 0.5) is 11.6 Å². The van der Waals surface area contributed by atoms with E-state index in [4.69, 9.17) is 15.2 Å². The standard InChI is InChI=1S/C25H28N6O3/c26-24-21-15-34-14-20(21)19-11-17(3-5-22(19)27-24)25(32)31(12-16-1-2-16)13-18-4-6-23(29-28-18)30-7-9-33-10-8-30/h3-6,11,16H,1-2,7-10,12-15H2,(H2,26,27). The van der Waals surface area contributed by atoms with Gasteiger partial charge in [0.05, 0.1) is 44.2 Å². The maximum Gasteiger partial charge on any atom is 0.254 e. The first-order chi connectivity index (χ1) is 16.7. The first kappa shape index (κ1) is 21.2. The number of morpholine rings is 1. The van der Waals surface area contributed by atoms with Crippen LogP contribution in [-0.2, 0) is 29.2 Å². The summed E-state index contributed by atoms with van der Waals surface area (Å²) in [5, 5.41) is 9.80. The Morgan fingerprint density at radius 2 is 1.88 bits per heavy atom. The zero-order valence-corrected chi connectivity index (χ0v) is 19.1. The molecule has 9 heteroatoms. The molecule has 6 rings (SSSR count). The van der Waals surface area contributed by atoms with Crippen LogP contribution in [-0.4, -0.2) is 58.8 Å². The summed E-state index contributed by atoms with van der Waals surface area (Å²) in [6, 6.07) is 9.62. The van der Waals surface area contributed by atoms with E-state index in [1.165, 1.54) is 0 Å². The Morgan fingerprint density at radius 3 is 2.65 bits per heavy atom. The number of nitrogens with two attached hydrogens (primary N) is 1. The van der Waals surface area contributed by atoms with Gasteiger partial charge in [-0.25, -0.2) is 4.98 Å². The van der Waals surface area contributed by atoms with Gasteiger partial charge in [0.2, 0.25) is 0 Å². The highest BCUT2D eigenvalue weighted by molar-refractivity contribution is 5.99. The smallest absolute Gasteiger partial charge is 0.254 e. The lowest BCUT2D eigenvalue weighted by molar-refractivity contribution is 0.0732. The molecule has 2 aromatic heterocycles. The molecule has 2 fully saturated rings. The summed E-state index contributed by atoms with van der Waals surface area (Å²) >= 11 is 0. The van der Waals surface area contributed by atoms with Crippen LogP contribution in [0.1, 0.15) is 40.0 Å². The topological polar surface area (TPSA) is 107 Å². The Bertz CT molecular complexity index is 1220. The second-order valence-corrected chi connectivity index (χ2v) is 9.29. The van der Waals surface area contributed by atoms with Gasteiger partial charge in [-0.1, -0.05) is 0 Å². The van der Waals surface area contributed by atoms with Crippen molar-refractivity contribution in [2.75, 3.05) is 43.5 Å². The zero-order valence-electron chi connectivity index (χ0n) is 19.1. The summed E-state index contributed by atoms with van der Waals surface area (Å²) in [7, 11) is 0. The molecule has 9 nitrogen and oxygen atoms in total. The molecule has 3 aliphatic rings. The van der Waals surface area contributed by atoms with Crippen LogP contribution in [0.3, 0.4) is 0 Å². The number of nitrogens with zero attached hydrogens (tertiary/aromatic N) is 5. The molecule has 2 N–H and O–H groups in total. The second kappa shape index (κ2) is 8.81. The quantitative estimate of drug-likeness (QED) is 0.598. The largest absolute Gasteiger partial charge is 0.383 e. The summed E-state index contributed by atoms with van der Waals surface area (Å²) in [5.74, 6) is 1.92. The summed E-state index contributed by atoms with van der Waals surface area (Å²) < 4.78 is 11.0. The minimum atomic E-state index is -0.00246. The van der Waals surface area contributed by atoms with Crippen molar-refractivity contribution in [1.29, 1.82) is 0 Å². The van der Waals surface area contributed by atoms with Gasteiger partial charge in [-0.3, -0.25) is 4.79 Å². The number of fused-ring (bicyclic) bond motifs is 3. The number of hydrogen-bond acceptors (Lipinski definition) is 8. The van der Waals surface area contributed by atoms with E-state index in [2.05, 4.69) is 20.1 Å². The van der Waals surface area contributed by atoms with Crippen molar-refractivity contribution in [3.05, 3.63) is 52.7 Å². The Balaban J connectivity index is 1.25. The van der Waals surface area contributed by atoms with Crippen molar-refractivity contribution in [3.8, 4) is 0 Å². The molecule has 1 aromatic carbocycles. The molecule has 1 saturated heterocycles. The van der Waals surface area contributed by atoms with Crippen molar-refractivity contribution >= 4 is 28.4 Å². The minimum Gasteiger partial charge on any atom is -0.383 e. The number of hydrogen-bond donors (Lipinski definition) is 1. The molecule has 3 aromatic rings. The van der Waals surface area contributed by atoms with Gasteiger partial charge in [-0.15, -0.1) is 5.10 Å². The number of anilines is 2. The molecule has 0 bridgehead atoms. The highest BCUT2D eigenvalue weighted by Crippen LogP contribution is 2.33. The molecule has 1 amide bonds. The van der Waals surface area contributed by atoms with Crippen LogP contribution >= 0.6 is 0 Å². The summed E-state index contributed by atoms with van der Waals surface area (Å²) in [4.78, 5) is 22.2. The number of carbonyl (C=O) groups excluding carboxylic acids is 1. The summed E-state index contributed by atoms with van der Waals surface area (Å²) in [5.41, 5.74) is 10.3. The molecule has 34 heavy (non-hydrogen) atoms. The van der Waals surface area contributed by atoms with Gasteiger partial charge in [0, 0.05) is 36.1 Å². The molecular weight excluding hydrogens is 432 g/mol. The zero-order chi connectivity index (χ0) is 23.1. The van der Waals surface area contributed by atoms with Crippen LogP contribution < -0.4 is 10.6 Å². The molecule has 176 valence electrons. The Kier molecular flexibility index (Phi) is 5.50. The third-order valence-electron chi connectivity index (χ3n) is 6.83. The highest BCUT2D eigenvalue weighted by atomic mass is 16.5. The molecule has 0 atom stereocenters. The van der Waals surface area contributed by atoms with Gasteiger partial charge >= 0.3 is 0 Å². The number of benzene rings is 1. The highest BCUT2D eigenvalue weighted by Gasteiger charge is 2.28. The first-order valence-electron chi connectivity index (χ1n) is 11.9. The van der Waals surface area contributed by atoms with Gasteiger partial charge in [-0.2, -0.15) is 5.10 Å². The van der Waals surface area contributed by atoms with E-state index in [0.29, 0.717) is 50.3 Å². The number of nitrogen functional groups attached to an aromatic ring is 1. The number of aromatic nitrogens is 3. The molecule has 0 spiro atoms. The van der Waals surface area contributed by atoms with Crippen LogP contribution in [0.25, 0.3) is 10.9 Å². The van der Waals surface area contributed by atoms with E-state index >= 15 is 0 Å². The lowest BCUT2D eigenvalue weighted by Crippen LogP contribution is -2.37. The number of carbonyl (C=O) groups is 1. The molecular formula is C25H28N6O3. The predicted molar refractivity (Wildman–Crippen MR) is 127 cm³/mol. The van der Waals surface area contributed by atoms with Crippen molar-refractivity contribution in [2.24, 2.45) is 5.92 Å². The summed E-state index contributed by atoms with van der Waals surface area (Å²) in [6.07, 6.45) is 2.33. The third kappa shape index (κ3) is 4.17. The normalized spacial score (nSPS) is 17.7. The number of pyridine rings is 1. The van der Waals surface area contributed by atoms with Gasteiger partial charge in [-0.05, 0) is 54.7 Å². The molecule has 0 radical (unpaired) electrons. The van der Waals surface area contributed by atoms with Gasteiger partial charge in [0.25, 0.3) is 5.91 Å². The fraction of sp³-hybridized carbons (Fsp3) is 0.440. The number of ether oxygens (including phenoxy) is 2. The van der Waals surface area contributed by atoms with E-state index in [9.17, 15) is 4.79 Å². The molecule has 4 heterocycles. The average Bonchev–Trinajstić information content (AvgIpc) is 3.55. The van der Waals surface area contributed by atoms with Crippen LogP contribution in [0, 0.1) is 5.92 Å². The lowest BCUT2D eigenvalue weighted by Gasteiger charge is -2.27. The number of amides is 1. The Hall–Kier alpha value is -3.30. The van der Waals surface area contributed by atoms with E-state index < -0.39 is 0 Å². The van der Waals surface area contributed by atoms with E-state index in [1.807, 2.05) is 35.2 Å². The fourth-order valence-corrected chi connectivity index (χ4v) is 4.71. The fourth-order valence-electron chi connectivity index (χ4n) is 4.71. The molecule has 1 saturated carbocycles. The Morgan fingerprint density at radius 1 is 1.06 bits per heavy atom. The second-order valence-electron chi connectivity index (χ2n) is 9.29. The molecule has 1 aliphatic carbocycles. The van der Waals surface area contributed by atoms with Crippen molar-refractivity contribution < 1.29 is 14.3 Å². The van der Waals surface area contributed by atoms with Crippen molar-refractivity contribution in [2.45, 2.75) is 32.6 Å². The van der Waals surface area contributed by atoms with Crippen molar-refractivity contribution in [3.63, 3.8) is 0 Å². The third-order valence-corrected chi connectivity index (χ3v) is 6.83. The SMILES string of the molecule is Nc1nc2ccc(C(=O)N(Cc3ccc(N4CCOCC4)nn3)CC3CC3)cc2c2c1COC2. The van der Waals surface area contributed by atoms with Gasteiger partial charge in [0.1, 0.15) is 5.82 Å². The lowest BCUT2D eigenvalue weighted by atomic mass is 10.0. The van der Waals surface area contributed by atoms with Crippen LogP contribution in [0.15, 0.2) is 30.3 Å². The van der Waals surface area contributed by atoms with Gasteiger partial charge < -0.3 is 25.0 Å². The maximum absolute atomic E-state index is 13.6. The first-order valence-corrected chi connectivity index (χ1v) is 11.9. The summed E-state index contributed by atoms with van der Waals surface area (Å²) in [6.45, 7) is 5.17. The van der Waals surface area contributed by atoms with Gasteiger partial charge in [0.15, 0.2) is 5.82 Å². The van der Waals surface area contributed by atoms with Crippen molar-refractivity contribution in [1.82, 2.24) is 20.1 Å². The molecule has 2 aliphatic heterocycles. The Labute approximate surface area is 197 Å².